The third kappa shape index (κ3) is 3.20. The minimum Gasteiger partial charge on any atom is -0.319 e. The monoisotopic (exact) mass is 359 g/mol. The van der Waals surface area contributed by atoms with Gasteiger partial charge in [0.2, 0.25) is 0 Å². The van der Waals surface area contributed by atoms with Crippen molar-refractivity contribution in [1.29, 1.82) is 0 Å². The first kappa shape index (κ1) is 16.7. The summed E-state index contributed by atoms with van der Waals surface area (Å²) in [6.45, 7) is 3.30. The number of aromatic nitrogens is 1. The first-order valence-corrected chi connectivity index (χ1v) is 9.75. The van der Waals surface area contributed by atoms with Crippen LogP contribution in [0.3, 0.4) is 0 Å². The Kier molecular flexibility index (Phi) is 4.56. The predicted octanol–water partition coefficient (Wildman–Crippen LogP) is 4.15. The van der Waals surface area contributed by atoms with E-state index in [2.05, 4.69) is 15.6 Å². The molecule has 0 spiro atoms. The SMILES string of the molecule is Cc1nc(C2CCCC2)sc1C(=O)Nc1ccc2c(c1F)CCNC2. The van der Waals surface area contributed by atoms with Crippen molar-refractivity contribution in [2.75, 3.05) is 11.9 Å². The van der Waals surface area contributed by atoms with Crippen molar-refractivity contribution in [3.8, 4) is 0 Å². The van der Waals surface area contributed by atoms with Crippen LogP contribution in [0.5, 0.6) is 0 Å². The molecule has 0 bridgehead atoms. The van der Waals surface area contributed by atoms with E-state index >= 15 is 0 Å². The first-order chi connectivity index (χ1) is 12.1. The lowest BCUT2D eigenvalue weighted by molar-refractivity contribution is 0.102. The summed E-state index contributed by atoms with van der Waals surface area (Å²) in [6, 6.07) is 3.55. The van der Waals surface area contributed by atoms with E-state index in [0.29, 0.717) is 29.3 Å². The molecule has 0 saturated heterocycles. The Labute approximate surface area is 150 Å². The van der Waals surface area contributed by atoms with Gasteiger partial charge in [-0.2, -0.15) is 0 Å². The minimum absolute atomic E-state index is 0.257. The molecule has 4 nitrogen and oxygen atoms in total. The summed E-state index contributed by atoms with van der Waals surface area (Å²) in [7, 11) is 0. The summed E-state index contributed by atoms with van der Waals surface area (Å²) in [4.78, 5) is 17.9. The molecule has 4 rings (SSSR count). The molecule has 1 amide bonds. The van der Waals surface area contributed by atoms with Gasteiger partial charge in [-0.15, -0.1) is 11.3 Å². The van der Waals surface area contributed by atoms with Crippen LogP contribution >= 0.6 is 11.3 Å². The molecule has 0 radical (unpaired) electrons. The summed E-state index contributed by atoms with van der Waals surface area (Å²) >= 11 is 1.46. The van der Waals surface area contributed by atoms with Gasteiger partial charge in [-0.05, 0) is 49.9 Å². The van der Waals surface area contributed by atoms with Crippen LogP contribution in [0.1, 0.15) is 63.1 Å². The lowest BCUT2D eigenvalue weighted by Gasteiger charge is -2.19. The van der Waals surface area contributed by atoms with Gasteiger partial charge >= 0.3 is 0 Å². The fourth-order valence-corrected chi connectivity index (χ4v) is 4.92. The highest BCUT2D eigenvalue weighted by atomic mass is 32.1. The van der Waals surface area contributed by atoms with Crippen molar-refractivity contribution in [3.05, 3.63) is 44.7 Å². The number of nitrogens with one attached hydrogen (secondary N) is 2. The average molecular weight is 359 g/mol. The molecule has 6 heteroatoms. The molecule has 1 fully saturated rings. The summed E-state index contributed by atoms with van der Waals surface area (Å²) < 4.78 is 14.7. The van der Waals surface area contributed by atoms with Crippen LogP contribution in [0.25, 0.3) is 0 Å². The van der Waals surface area contributed by atoms with Crippen LogP contribution in [0, 0.1) is 12.7 Å². The average Bonchev–Trinajstić information content (AvgIpc) is 3.27. The number of amides is 1. The van der Waals surface area contributed by atoms with E-state index in [0.717, 1.165) is 35.7 Å². The number of hydrogen-bond acceptors (Lipinski definition) is 4. The van der Waals surface area contributed by atoms with E-state index < -0.39 is 0 Å². The van der Waals surface area contributed by atoms with Gasteiger partial charge in [0, 0.05) is 12.5 Å². The third-order valence-electron chi connectivity index (χ3n) is 5.18. The number of halogens is 1. The van der Waals surface area contributed by atoms with Crippen molar-refractivity contribution in [3.63, 3.8) is 0 Å². The van der Waals surface area contributed by atoms with Crippen molar-refractivity contribution in [1.82, 2.24) is 10.3 Å². The number of nitrogens with zero attached hydrogens (tertiary/aromatic N) is 1. The van der Waals surface area contributed by atoms with Gasteiger partial charge in [-0.25, -0.2) is 9.37 Å². The molecule has 0 unspecified atom stereocenters. The van der Waals surface area contributed by atoms with E-state index in [1.54, 1.807) is 6.07 Å². The van der Waals surface area contributed by atoms with Crippen LogP contribution in [0.4, 0.5) is 10.1 Å². The van der Waals surface area contributed by atoms with Gasteiger partial charge in [0.1, 0.15) is 10.7 Å². The Morgan fingerprint density at radius 1 is 1.36 bits per heavy atom. The topological polar surface area (TPSA) is 54.0 Å². The highest BCUT2D eigenvalue weighted by molar-refractivity contribution is 7.14. The van der Waals surface area contributed by atoms with E-state index in [4.69, 9.17) is 0 Å². The van der Waals surface area contributed by atoms with E-state index in [-0.39, 0.29) is 17.4 Å². The molecular weight excluding hydrogens is 337 g/mol. The molecular formula is C19H22FN3OS. The predicted molar refractivity (Wildman–Crippen MR) is 97.8 cm³/mol. The number of anilines is 1. The largest absolute Gasteiger partial charge is 0.319 e. The normalized spacial score (nSPS) is 17.5. The van der Waals surface area contributed by atoms with Crippen LogP contribution in [0.15, 0.2) is 12.1 Å². The number of thiazole rings is 1. The molecule has 1 aliphatic carbocycles. The lowest BCUT2D eigenvalue weighted by atomic mass is 9.99. The number of fused-ring (bicyclic) bond motifs is 1. The van der Waals surface area contributed by atoms with Gasteiger partial charge in [-0.3, -0.25) is 4.79 Å². The van der Waals surface area contributed by atoms with Crippen LogP contribution in [-0.2, 0) is 13.0 Å². The number of rotatable bonds is 3. The number of carbonyl (C=O) groups excluding carboxylic acids is 1. The van der Waals surface area contributed by atoms with Crippen molar-refractivity contribution >= 4 is 22.9 Å². The quantitative estimate of drug-likeness (QED) is 0.866. The Hall–Kier alpha value is -1.79. The van der Waals surface area contributed by atoms with E-state index in [9.17, 15) is 9.18 Å². The molecule has 2 heterocycles. The zero-order chi connectivity index (χ0) is 17.4. The molecule has 132 valence electrons. The Balaban J connectivity index is 1.56. The maximum Gasteiger partial charge on any atom is 0.267 e. The van der Waals surface area contributed by atoms with Gasteiger partial charge < -0.3 is 10.6 Å². The summed E-state index contributed by atoms with van der Waals surface area (Å²) in [5, 5.41) is 7.04. The second-order valence-corrected chi connectivity index (χ2v) is 7.92. The third-order valence-corrected chi connectivity index (χ3v) is 6.50. The molecule has 0 atom stereocenters. The fraction of sp³-hybridized carbons (Fsp3) is 0.474. The fourth-order valence-electron chi connectivity index (χ4n) is 3.78. The van der Waals surface area contributed by atoms with Crippen molar-refractivity contribution in [2.45, 2.75) is 51.5 Å². The second-order valence-electron chi connectivity index (χ2n) is 6.89. The van der Waals surface area contributed by atoms with E-state index in [1.807, 2.05) is 13.0 Å². The molecule has 2 aliphatic rings. The maximum atomic E-state index is 14.7. The van der Waals surface area contributed by atoms with Crippen LogP contribution in [0.2, 0.25) is 0 Å². The number of carbonyl (C=O) groups is 1. The van der Waals surface area contributed by atoms with E-state index in [1.165, 1.54) is 24.2 Å². The minimum atomic E-state index is -0.300. The van der Waals surface area contributed by atoms with Crippen molar-refractivity contribution < 1.29 is 9.18 Å². The highest BCUT2D eigenvalue weighted by Crippen LogP contribution is 2.37. The van der Waals surface area contributed by atoms with Gasteiger partial charge in [-0.1, -0.05) is 18.9 Å². The Morgan fingerprint density at radius 2 is 2.16 bits per heavy atom. The van der Waals surface area contributed by atoms with Crippen LogP contribution < -0.4 is 10.6 Å². The zero-order valence-electron chi connectivity index (χ0n) is 14.3. The summed E-state index contributed by atoms with van der Waals surface area (Å²) in [5.74, 6) is -0.0733. The number of aryl methyl sites for hydroxylation is 1. The zero-order valence-corrected chi connectivity index (χ0v) is 15.1. The second kappa shape index (κ2) is 6.84. The standard InChI is InChI=1S/C19H22FN3OS/c1-11-17(25-19(22-11)12-4-2-3-5-12)18(24)23-15-7-6-13-10-21-9-8-14(13)16(15)20/h6-7,12,21H,2-5,8-10H2,1H3,(H,23,24). The molecule has 2 N–H and O–H groups in total. The van der Waals surface area contributed by atoms with Crippen LogP contribution in [-0.4, -0.2) is 17.4 Å². The number of hydrogen-bond donors (Lipinski definition) is 2. The van der Waals surface area contributed by atoms with Gasteiger partial charge in [0.05, 0.1) is 16.4 Å². The molecule has 1 saturated carbocycles. The van der Waals surface area contributed by atoms with Crippen molar-refractivity contribution in [2.24, 2.45) is 0 Å². The Morgan fingerprint density at radius 3 is 2.96 bits per heavy atom. The summed E-state index contributed by atoms with van der Waals surface area (Å²) in [5.41, 5.74) is 2.69. The molecule has 1 aromatic carbocycles. The summed E-state index contributed by atoms with van der Waals surface area (Å²) in [6.07, 6.45) is 5.43. The molecule has 1 aliphatic heterocycles. The smallest absolute Gasteiger partial charge is 0.267 e. The Bertz CT molecular complexity index is 811. The van der Waals surface area contributed by atoms with Gasteiger partial charge in [0.15, 0.2) is 0 Å². The maximum absolute atomic E-state index is 14.7. The molecule has 25 heavy (non-hydrogen) atoms. The lowest BCUT2D eigenvalue weighted by Crippen LogP contribution is -2.25. The molecule has 2 aromatic rings. The van der Waals surface area contributed by atoms with Gasteiger partial charge in [0.25, 0.3) is 5.91 Å². The number of benzene rings is 1. The highest BCUT2D eigenvalue weighted by Gasteiger charge is 2.25. The molecule has 1 aromatic heterocycles. The first-order valence-electron chi connectivity index (χ1n) is 8.93.